The molecule has 2 saturated heterocycles. The van der Waals surface area contributed by atoms with Crippen LogP contribution in [0.2, 0.25) is 0 Å². The predicted octanol–water partition coefficient (Wildman–Crippen LogP) is 2.47. The molecule has 0 aromatic heterocycles. The van der Waals surface area contributed by atoms with Gasteiger partial charge in [0.2, 0.25) is 6.34 Å². The molecule has 2 rings (SSSR count). The van der Waals surface area contributed by atoms with E-state index >= 15 is 0 Å². The third-order valence-electron chi connectivity index (χ3n) is 4.31. The molecule has 2 fully saturated rings. The van der Waals surface area contributed by atoms with E-state index in [-0.39, 0.29) is 0 Å². The van der Waals surface area contributed by atoms with E-state index in [1.165, 1.54) is 25.7 Å². The highest BCUT2D eigenvalue weighted by Crippen LogP contribution is 2.24. The van der Waals surface area contributed by atoms with Gasteiger partial charge in [-0.05, 0) is 53.4 Å². The molecule has 0 N–H and O–H groups in total. The maximum Gasteiger partial charge on any atom is 0.234 e. The molecule has 2 heteroatoms. The molecule has 15 heavy (non-hydrogen) atoms. The largest absolute Gasteiger partial charge is 0.264 e. The van der Waals surface area contributed by atoms with E-state index in [1.807, 2.05) is 0 Å². The Kier molecular flexibility index (Phi) is 3.03. The second-order valence-electron chi connectivity index (χ2n) is 5.56. The SMILES string of the molecule is C[C@@H]1CC[C@@H](C)N1C=[N+]1[C@H](C)CC[C@H]1C. The summed E-state index contributed by atoms with van der Waals surface area (Å²) in [5.41, 5.74) is 0. The quantitative estimate of drug-likeness (QED) is 0.475. The molecule has 0 bridgehead atoms. The third kappa shape index (κ3) is 2.04. The Morgan fingerprint density at radius 1 is 0.867 bits per heavy atom. The summed E-state index contributed by atoms with van der Waals surface area (Å²) in [5.74, 6) is 0. The number of rotatable bonds is 1. The highest BCUT2D eigenvalue weighted by molar-refractivity contribution is 5.51. The summed E-state index contributed by atoms with van der Waals surface area (Å²) >= 11 is 0. The van der Waals surface area contributed by atoms with Crippen molar-refractivity contribution in [2.45, 2.75) is 77.5 Å². The molecule has 86 valence electrons. The molecule has 0 aliphatic carbocycles. The first-order valence-electron chi connectivity index (χ1n) is 6.49. The summed E-state index contributed by atoms with van der Waals surface area (Å²) in [6.45, 7) is 9.41. The zero-order chi connectivity index (χ0) is 11.0. The maximum atomic E-state index is 2.57. The second-order valence-corrected chi connectivity index (χ2v) is 5.56. The number of likely N-dealkylation sites (tertiary alicyclic amines) is 1. The van der Waals surface area contributed by atoms with Crippen molar-refractivity contribution >= 4 is 6.34 Å². The number of nitrogens with zero attached hydrogens (tertiary/aromatic N) is 2. The van der Waals surface area contributed by atoms with Gasteiger partial charge in [-0.25, -0.2) is 0 Å². The van der Waals surface area contributed by atoms with Crippen LogP contribution in [0.4, 0.5) is 0 Å². The van der Waals surface area contributed by atoms with E-state index in [4.69, 9.17) is 0 Å². The molecule has 2 nitrogen and oxygen atoms in total. The molecule has 2 heterocycles. The fourth-order valence-electron chi connectivity index (χ4n) is 3.04. The lowest BCUT2D eigenvalue weighted by molar-refractivity contribution is -0.571. The van der Waals surface area contributed by atoms with Crippen LogP contribution in [0.5, 0.6) is 0 Å². The molecule has 0 saturated carbocycles. The molecule has 0 aromatic rings. The lowest BCUT2D eigenvalue weighted by Gasteiger charge is -2.20. The van der Waals surface area contributed by atoms with Crippen LogP contribution < -0.4 is 0 Å². The van der Waals surface area contributed by atoms with Gasteiger partial charge in [0, 0.05) is 0 Å². The zero-order valence-electron chi connectivity index (χ0n) is 10.6. The maximum absolute atomic E-state index is 2.57. The van der Waals surface area contributed by atoms with Gasteiger partial charge in [-0.1, -0.05) is 0 Å². The van der Waals surface area contributed by atoms with E-state index in [9.17, 15) is 0 Å². The Morgan fingerprint density at radius 2 is 1.33 bits per heavy atom. The fraction of sp³-hybridized carbons (Fsp3) is 0.923. The van der Waals surface area contributed by atoms with Crippen LogP contribution in [-0.2, 0) is 0 Å². The van der Waals surface area contributed by atoms with Gasteiger partial charge in [0.05, 0.1) is 24.2 Å². The first-order chi connectivity index (χ1) is 7.09. The van der Waals surface area contributed by atoms with Crippen LogP contribution in [-0.4, -0.2) is 40.0 Å². The van der Waals surface area contributed by atoms with Crippen molar-refractivity contribution in [1.82, 2.24) is 4.90 Å². The molecule has 0 spiro atoms. The van der Waals surface area contributed by atoms with Gasteiger partial charge in [0.15, 0.2) is 0 Å². The molecular formula is C13H25N2+. The van der Waals surface area contributed by atoms with Crippen LogP contribution in [0, 0.1) is 0 Å². The van der Waals surface area contributed by atoms with Crippen molar-refractivity contribution in [2.75, 3.05) is 0 Å². The van der Waals surface area contributed by atoms with Crippen molar-refractivity contribution in [1.29, 1.82) is 0 Å². The van der Waals surface area contributed by atoms with E-state index in [2.05, 4.69) is 43.5 Å². The highest BCUT2D eigenvalue weighted by Gasteiger charge is 2.34. The molecule has 0 amide bonds. The first-order valence-corrected chi connectivity index (χ1v) is 6.49. The van der Waals surface area contributed by atoms with Gasteiger partial charge in [-0.15, -0.1) is 0 Å². The van der Waals surface area contributed by atoms with Crippen LogP contribution in [0.25, 0.3) is 0 Å². The highest BCUT2D eigenvalue weighted by atomic mass is 15.3. The van der Waals surface area contributed by atoms with Gasteiger partial charge in [0.25, 0.3) is 0 Å². The Morgan fingerprint density at radius 3 is 1.80 bits per heavy atom. The Bertz CT molecular complexity index is 237. The van der Waals surface area contributed by atoms with E-state index < -0.39 is 0 Å². The molecule has 0 radical (unpaired) electrons. The lowest BCUT2D eigenvalue weighted by Crippen LogP contribution is -2.38. The summed E-state index contributed by atoms with van der Waals surface area (Å²) in [4.78, 5) is 2.57. The minimum atomic E-state index is 0.736. The average molecular weight is 209 g/mol. The van der Waals surface area contributed by atoms with Gasteiger partial charge >= 0.3 is 0 Å². The Labute approximate surface area is 94.0 Å². The Hall–Kier alpha value is -0.530. The van der Waals surface area contributed by atoms with Gasteiger partial charge in [0.1, 0.15) is 0 Å². The first kappa shape index (κ1) is 11.0. The van der Waals surface area contributed by atoms with E-state index in [0.29, 0.717) is 0 Å². The van der Waals surface area contributed by atoms with E-state index in [0.717, 1.165) is 24.2 Å². The van der Waals surface area contributed by atoms with Gasteiger partial charge < -0.3 is 0 Å². The van der Waals surface area contributed by atoms with E-state index in [1.54, 1.807) is 0 Å². The van der Waals surface area contributed by atoms with Crippen LogP contribution >= 0.6 is 0 Å². The van der Waals surface area contributed by atoms with Crippen molar-refractivity contribution in [3.8, 4) is 0 Å². The number of hydrogen-bond acceptors (Lipinski definition) is 0. The van der Waals surface area contributed by atoms with Crippen molar-refractivity contribution < 1.29 is 4.58 Å². The summed E-state index contributed by atoms with van der Waals surface area (Å²) in [5, 5.41) is 0. The molecule has 4 atom stereocenters. The lowest BCUT2D eigenvalue weighted by atomic mass is 10.2. The minimum Gasteiger partial charge on any atom is -0.264 e. The zero-order valence-corrected chi connectivity index (χ0v) is 10.6. The molecule has 2 aliphatic rings. The normalized spacial score (nSPS) is 41.3. The second kappa shape index (κ2) is 4.15. The van der Waals surface area contributed by atoms with Crippen molar-refractivity contribution in [3.63, 3.8) is 0 Å². The van der Waals surface area contributed by atoms with Gasteiger partial charge in [-0.3, -0.25) is 9.48 Å². The molecular weight excluding hydrogens is 184 g/mol. The van der Waals surface area contributed by atoms with Crippen LogP contribution in [0.3, 0.4) is 0 Å². The van der Waals surface area contributed by atoms with Crippen molar-refractivity contribution in [2.24, 2.45) is 0 Å². The molecule has 0 aromatic carbocycles. The molecule has 0 unspecified atom stereocenters. The summed E-state index contributed by atoms with van der Waals surface area (Å²) in [6, 6.07) is 2.94. The summed E-state index contributed by atoms with van der Waals surface area (Å²) < 4.78 is 2.57. The monoisotopic (exact) mass is 209 g/mol. The fourth-order valence-corrected chi connectivity index (χ4v) is 3.04. The molecule has 2 aliphatic heterocycles. The topological polar surface area (TPSA) is 6.25 Å². The number of hydrogen-bond donors (Lipinski definition) is 0. The van der Waals surface area contributed by atoms with Crippen LogP contribution in [0.15, 0.2) is 0 Å². The van der Waals surface area contributed by atoms with Crippen LogP contribution in [0.1, 0.15) is 53.4 Å². The Balaban J connectivity index is 2.14. The summed E-state index contributed by atoms with van der Waals surface area (Å²) in [7, 11) is 0. The third-order valence-corrected chi connectivity index (χ3v) is 4.31. The minimum absolute atomic E-state index is 0.736. The van der Waals surface area contributed by atoms with Crippen molar-refractivity contribution in [3.05, 3.63) is 0 Å². The smallest absolute Gasteiger partial charge is 0.234 e. The summed E-state index contributed by atoms with van der Waals surface area (Å²) in [6.07, 6.45) is 7.84. The standard InChI is InChI=1S/C13H25N2/c1-10-5-6-11(2)14(10)9-15-12(3)7-8-13(15)4/h9-13H,5-8H2,1-4H3/q+1/t10-,11-,12-,13-/m1/s1. The average Bonchev–Trinajstić information content (AvgIpc) is 2.67. The predicted molar refractivity (Wildman–Crippen MR) is 64.5 cm³/mol. The van der Waals surface area contributed by atoms with Gasteiger partial charge in [-0.2, -0.15) is 0 Å².